The molecule has 0 unspecified atom stereocenters. The van der Waals surface area contributed by atoms with Gasteiger partial charge in [0.2, 0.25) is 11.7 Å². The lowest BCUT2D eigenvalue weighted by molar-refractivity contribution is -0.132. The van der Waals surface area contributed by atoms with Gasteiger partial charge in [0.1, 0.15) is 5.82 Å². The van der Waals surface area contributed by atoms with E-state index in [9.17, 15) is 14.4 Å². The maximum Gasteiger partial charge on any atom is 0.289 e. The van der Waals surface area contributed by atoms with E-state index < -0.39 is 0 Å². The zero-order chi connectivity index (χ0) is 26.9. The smallest absolute Gasteiger partial charge is 0.289 e. The van der Waals surface area contributed by atoms with Gasteiger partial charge in [0.25, 0.3) is 11.5 Å². The molecule has 1 aliphatic rings. The Bertz CT molecular complexity index is 1710. The Labute approximate surface area is 224 Å². The minimum atomic E-state index is -0.161. The Hall–Kier alpha value is -4.73. The summed E-state index contributed by atoms with van der Waals surface area (Å²) in [5, 5.41) is 9.36. The number of aromatic nitrogens is 4. The predicted molar refractivity (Wildman–Crippen MR) is 145 cm³/mol. The van der Waals surface area contributed by atoms with Crippen molar-refractivity contribution in [1.82, 2.24) is 29.0 Å². The summed E-state index contributed by atoms with van der Waals surface area (Å²) in [5.41, 5.74) is 2.73. The largest absolute Gasteiger partial charge is 0.459 e. The molecule has 4 heterocycles. The van der Waals surface area contributed by atoms with Crippen LogP contribution in [0.2, 0.25) is 0 Å². The van der Waals surface area contributed by atoms with Crippen molar-refractivity contribution in [2.45, 2.75) is 26.3 Å². The number of carbonyl (C=O) groups is 2. The number of carbonyl (C=O) groups excluding carboxylic acids is 2. The van der Waals surface area contributed by atoms with Crippen molar-refractivity contribution in [3.8, 4) is 0 Å². The van der Waals surface area contributed by atoms with Gasteiger partial charge in [-0.25, -0.2) is 0 Å². The molecule has 0 bridgehead atoms. The second kappa shape index (κ2) is 10.2. The first-order valence-corrected chi connectivity index (χ1v) is 13.0. The van der Waals surface area contributed by atoms with Crippen molar-refractivity contribution < 1.29 is 14.0 Å². The van der Waals surface area contributed by atoms with Crippen LogP contribution in [0.25, 0.3) is 16.7 Å². The Kier molecular flexibility index (Phi) is 6.44. The molecule has 5 aromatic rings. The van der Waals surface area contributed by atoms with Gasteiger partial charge in [-0.15, -0.1) is 10.2 Å². The van der Waals surface area contributed by atoms with Crippen LogP contribution in [0.5, 0.6) is 0 Å². The summed E-state index contributed by atoms with van der Waals surface area (Å²) >= 11 is 0. The molecule has 198 valence electrons. The molecule has 10 heteroatoms. The molecule has 6 rings (SSSR count). The van der Waals surface area contributed by atoms with Crippen molar-refractivity contribution >= 4 is 28.5 Å². The van der Waals surface area contributed by atoms with Crippen LogP contribution >= 0.6 is 0 Å². The molecule has 3 aromatic heterocycles. The topological polar surface area (TPSA) is 106 Å². The lowest BCUT2D eigenvalue weighted by Gasteiger charge is -2.34. The average molecular weight is 525 g/mol. The highest BCUT2D eigenvalue weighted by Gasteiger charge is 2.26. The highest BCUT2D eigenvalue weighted by molar-refractivity contribution is 5.91. The molecule has 0 spiro atoms. The minimum Gasteiger partial charge on any atom is -0.459 e. The predicted octanol–water partition coefficient (Wildman–Crippen LogP) is 2.91. The second-order valence-electron chi connectivity index (χ2n) is 9.80. The molecule has 2 aromatic carbocycles. The summed E-state index contributed by atoms with van der Waals surface area (Å²) in [6.45, 7) is 4.22. The van der Waals surface area contributed by atoms with Gasteiger partial charge in [0, 0.05) is 39.0 Å². The number of piperazine rings is 1. The molecule has 2 amide bonds. The van der Waals surface area contributed by atoms with E-state index in [1.54, 1.807) is 32.6 Å². The maximum atomic E-state index is 13.4. The molecular formula is C29H28N6O4. The fourth-order valence-electron chi connectivity index (χ4n) is 5.09. The lowest BCUT2D eigenvalue weighted by atomic mass is 10.1. The first kappa shape index (κ1) is 24.6. The SMILES string of the molecule is Cc1ccc(Cn2c(=O)c3ccccc3n3c(CCC(=O)N4CCN(C(=O)c5ccco5)CC4)nnc23)cc1. The molecular weight excluding hydrogens is 496 g/mol. The summed E-state index contributed by atoms with van der Waals surface area (Å²) in [6.07, 6.45) is 2.10. The second-order valence-corrected chi connectivity index (χ2v) is 9.80. The van der Waals surface area contributed by atoms with E-state index in [-0.39, 0.29) is 23.8 Å². The zero-order valence-corrected chi connectivity index (χ0v) is 21.6. The minimum absolute atomic E-state index is 0.00544. The Morgan fingerprint density at radius 3 is 2.38 bits per heavy atom. The van der Waals surface area contributed by atoms with E-state index in [0.717, 1.165) is 16.6 Å². The number of para-hydroxylation sites is 1. The molecule has 0 aliphatic carbocycles. The van der Waals surface area contributed by atoms with Crippen molar-refractivity contribution in [2.75, 3.05) is 26.2 Å². The van der Waals surface area contributed by atoms with E-state index in [1.807, 2.05) is 53.8 Å². The molecule has 1 fully saturated rings. The number of benzene rings is 2. The number of amides is 2. The van der Waals surface area contributed by atoms with E-state index >= 15 is 0 Å². The number of nitrogens with zero attached hydrogens (tertiary/aromatic N) is 6. The van der Waals surface area contributed by atoms with E-state index in [0.29, 0.717) is 61.9 Å². The van der Waals surface area contributed by atoms with E-state index in [4.69, 9.17) is 4.42 Å². The highest BCUT2D eigenvalue weighted by atomic mass is 16.3. The van der Waals surface area contributed by atoms with Gasteiger partial charge in [-0.1, -0.05) is 42.0 Å². The number of hydrogen-bond donors (Lipinski definition) is 0. The van der Waals surface area contributed by atoms with Crippen LogP contribution in [0.3, 0.4) is 0 Å². The lowest BCUT2D eigenvalue weighted by Crippen LogP contribution is -2.50. The third kappa shape index (κ3) is 4.69. The zero-order valence-electron chi connectivity index (χ0n) is 21.6. The van der Waals surface area contributed by atoms with Crippen molar-refractivity contribution in [1.29, 1.82) is 0 Å². The Morgan fingerprint density at radius 1 is 0.897 bits per heavy atom. The number of fused-ring (bicyclic) bond motifs is 3. The molecule has 0 atom stereocenters. The summed E-state index contributed by atoms with van der Waals surface area (Å²) < 4.78 is 8.74. The van der Waals surface area contributed by atoms with Gasteiger partial charge in [-0.3, -0.25) is 23.4 Å². The molecule has 0 saturated carbocycles. The van der Waals surface area contributed by atoms with Gasteiger partial charge >= 0.3 is 0 Å². The van der Waals surface area contributed by atoms with Crippen molar-refractivity contribution in [3.05, 3.63) is 100.0 Å². The molecule has 0 radical (unpaired) electrons. The standard InChI is InChI=1S/C29H28N6O4/c1-20-8-10-21(11-9-20)19-34-27(37)22-5-2-3-6-23(22)35-25(30-31-29(34)35)12-13-26(36)32-14-16-33(17-15-32)28(38)24-7-4-18-39-24/h2-11,18H,12-17,19H2,1H3. The Morgan fingerprint density at radius 2 is 1.64 bits per heavy atom. The summed E-state index contributed by atoms with van der Waals surface area (Å²) in [7, 11) is 0. The van der Waals surface area contributed by atoms with Crippen LogP contribution in [-0.2, 0) is 17.8 Å². The summed E-state index contributed by atoms with van der Waals surface area (Å²) in [5.74, 6) is 1.21. The molecule has 0 N–H and O–H groups in total. The fourth-order valence-corrected chi connectivity index (χ4v) is 5.09. The third-order valence-corrected chi connectivity index (χ3v) is 7.25. The number of rotatable bonds is 6. The van der Waals surface area contributed by atoms with E-state index in [1.165, 1.54) is 6.26 Å². The number of hydrogen-bond acceptors (Lipinski definition) is 6. The third-order valence-electron chi connectivity index (χ3n) is 7.25. The first-order valence-electron chi connectivity index (χ1n) is 13.0. The number of furan rings is 1. The van der Waals surface area contributed by atoms with E-state index in [2.05, 4.69) is 10.2 Å². The van der Waals surface area contributed by atoms with Crippen LogP contribution in [0.1, 0.15) is 33.9 Å². The first-order chi connectivity index (χ1) is 19.0. The molecule has 1 aliphatic heterocycles. The summed E-state index contributed by atoms with van der Waals surface area (Å²) in [6, 6.07) is 18.8. The van der Waals surface area contributed by atoms with Crippen LogP contribution in [0.15, 0.2) is 76.1 Å². The van der Waals surface area contributed by atoms with Gasteiger partial charge in [0.15, 0.2) is 5.76 Å². The molecule has 1 saturated heterocycles. The maximum absolute atomic E-state index is 13.4. The summed E-state index contributed by atoms with van der Waals surface area (Å²) in [4.78, 5) is 42.5. The fraction of sp³-hybridized carbons (Fsp3) is 0.276. The molecule has 10 nitrogen and oxygen atoms in total. The van der Waals surface area contributed by atoms with Gasteiger partial charge in [-0.05, 0) is 36.8 Å². The van der Waals surface area contributed by atoms with Crippen LogP contribution in [-0.4, -0.2) is 67.0 Å². The monoisotopic (exact) mass is 524 g/mol. The van der Waals surface area contributed by atoms with Gasteiger partial charge < -0.3 is 14.2 Å². The normalized spacial score (nSPS) is 13.9. The average Bonchev–Trinajstić information content (AvgIpc) is 3.66. The number of aryl methyl sites for hydroxylation is 2. The van der Waals surface area contributed by atoms with Crippen LogP contribution in [0, 0.1) is 6.92 Å². The van der Waals surface area contributed by atoms with Crippen molar-refractivity contribution in [2.24, 2.45) is 0 Å². The highest BCUT2D eigenvalue weighted by Crippen LogP contribution is 2.18. The Balaban J connectivity index is 1.21. The van der Waals surface area contributed by atoms with Crippen LogP contribution in [0.4, 0.5) is 0 Å². The van der Waals surface area contributed by atoms with Gasteiger partial charge in [-0.2, -0.15) is 0 Å². The quantitative estimate of drug-likeness (QED) is 0.338. The van der Waals surface area contributed by atoms with Crippen LogP contribution < -0.4 is 5.56 Å². The van der Waals surface area contributed by atoms with Crippen molar-refractivity contribution in [3.63, 3.8) is 0 Å². The van der Waals surface area contributed by atoms with Gasteiger partial charge in [0.05, 0.1) is 23.7 Å². The molecule has 39 heavy (non-hydrogen) atoms.